The van der Waals surface area contributed by atoms with Gasteiger partial charge in [-0.15, -0.1) is 0 Å². The van der Waals surface area contributed by atoms with Crippen LogP contribution in [0.3, 0.4) is 0 Å². The second kappa shape index (κ2) is 5.75. The zero-order valence-electron chi connectivity index (χ0n) is 9.69. The molecule has 5 heteroatoms. The number of aryl methyl sites for hydroxylation is 1. The van der Waals surface area contributed by atoms with E-state index in [-0.39, 0.29) is 12.0 Å². The molecule has 1 fully saturated rings. The topological polar surface area (TPSA) is 77.2 Å². The van der Waals surface area contributed by atoms with Crippen molar-refractivity contribution < 1.29 is 9.53 Å². The van der Waals surface area contributed by atoms with Crippen LogP contribution in [0.1, 0.15) is 23.8 Å². The number of ether oxygens (including phenoxy) is 1. The molecule has 92 valence electrons. The van der Waals surface area contributed by atoms with E-state index in [4.69, 9.17) is 10.5 Å². The summed E-state index contributed by atoms with van der Waals surface area (Å²) < 4.78 is 5.60. The number of rotatable bonds is 4. The number of nitrogens with one attached hydrogen (secondary N) is 1. The monoisotopic (exact) mass is 235 g/mol. The van der Waals surface area contributed by atoms with Gasteiger partial charge in [0.05, 0.1) is 12.3 Å². The van der Waals surface area contributed by atoms with E-state index in [0.717, 1.165) is 31.0 Å². The molecule has 2 heterocycles. The fourth-order valence-electron chi connectivity index (χ4n) is 1.80. The highest BCUT2D eigenvalue weighted by Gasteiger charge is 2.16. The van der Waals surface area contributed by atoms with Crippen molar-refractivity contribution in [2.24, 2.45) is 5.73 Å². The lowest BCUT2D eigenvalue weighted by Crippen LogP contribution is -2.33. The third kappa shape index (κ3) is 3.51. The molecule has 1 aliphatic rings. The van der Waals surface area contributed by atoms with E-state index in [2.05, 4.69) is 10.3 Å². The van der Waals surface area contributed by atoms with Crippen molar-refractivity contribution in [3.05, 3.63) is 29.6 Å². The van der Waals surface area contributed by atoms with E-state index >= 15 is 0 Å². The first kappa shape index (κ1) is 12.0. The molecule has 1 amide bonds. The van der Waals surface area contributed by atoms with Crippen molar-refractivity contribution in [2.75, 3.05) is 19.7 Å². The molecule has 0 saturated carbocycles. The van der Waals surface area contributed by atoms with E-state index in [1.165, 1.54) is 0 Å². The minimum Gasteiger partial charge on any atom is -0.370 e. The Morgan fingerprint density at radius 3 is 3.06 bits per heavy atom. The van der Waals surface area contributed by atoms with Crippen molar-refractivity contribution in [3.63, 3.8) is 0 Å². The van der Waals surface area contributed by atoms with Crippen LogP contribution < -0.4 is 11.1 Å². The Morgan fingerprint density at radius 1 is 1.59 bits per heavy atom. The lowest BCUT2D eigenvalue weighted by molar-refractivity contribution is -0.117. The number of primary amides is 1. The summed E-state index contributed by atoms with van der Waals surface area (Å²) >= 11 is 0. The van der Waals surface area contributed by atoms with E-state index < -0.39 is 0 Å². The van der Waals surface area contributed by atoms with E-state index in [9.17, 15) is 4.79 Å². The number of hydrogen-bond donors (Lipinski definition) is 2. The van der Waals surface area contributed by atoms with Gasteiger partial charge in [-0.2, -0.15) is 0 Å². The number of hydrogen-bond acceptors (Lipinski definition) is 4. The molecule has 3 N–H and O–H groups in total. The smallest absolute Gasteiger partial charge is 0.217 e. The molecule has 1 aromatic heterocycles. The van der Waals surface area contributed by atoms with Gasteiger partial charge in [0.2, 0.25) is 5.91 Å². The molecule has 1 atom stereocenters. The third-order valence-corrected chi connectivity index (χ3v) is 2.77. The number of pyridine rings is 1. The minimum absolute atomic E-state index is 0.0361. The number of amides is 1. The van der Waals surface area contributed by atoms with Crippen LogP contribution >= 0.6 is 0 Å². The second-order valence-corrected chi connectivity index (χ2v) is 4.12. The molecular weight excluding hydrogens is 218 g/mol. The number of nitrogens with two attached hydrogens (primary N) is 1. The van der Waals surface area contributed by atoms with Crippen LogP contribution in [0.5, 0.6) is 0 Å². The summed E-state index contributed by atoms with van der Waals surface area (Å²) in [5.74, 6) is -0.283. The van der Waals surface area contributed by atoms with Gasteiger partial charge in [-0.05, 0) is 18.1 Å². The number of morpholine rings is 1. The molecule has 1 aromatic rings. The second-order valence-electron chi connectivity index (χ2n) is 4.12. The first-order valence-corrected chi connectivity index (χ1v) is 5.81. The average Bonchev–Trinajstić information content (AvgIpc) is 2.38. The minimum atomic E-state index is -0.283. The van der Waals surface area contributed by atoms with E-state index in [1.54, 1.807) is 6.20 Å². The normalized spacial score (nSPS) is 20.1. The van der Waals surface area contributed by atoms with Gasteiger partial charge in [0.25, 0.3) is 0 Å². The maximum atomic E-state index is 10.7. The third-order valence-electron chi connectivity index (χ3n) is 2.77. The highest BCUT2D eigenvalue weighted by Crippen LogP contribution is 2.16. The van der Waals surface area contributed by atoms with Gasteiger partial charge in [0, 0.05) is 25.7 Å². The summed E-state index contributed by atoms with van der Waals surface area (Å²) in [6.07, 6.45) is 2.83. The van der Waals surface area contributed by atoms with Gasteiger partial charge in [-0.1, -0.05) is 6.07 Å². The molecule has 2 rings (SSSR count). The standard InChI is InChI=1S/C12H17N3O2/c13-12(16)4-2-9-1-3-10(15-7-9)11-8-14-5-6-17-11/h1,3,7,11,14H,2,4-6,8H2,(H2,13,16). The average molecular weight is 235 g/mol. The molecule has 1 aliphatic heterocycles. The first-order chi connectivity index (χ1) is 8.25. The van der Waals surface area contributed by atoms with Gasteiger partial charge in [0.1, 0.15) is 6.10 Å². The van der Waals surface area contributed by atoms with E-state index in [0.29, 0.717) is 12.8 Å². The van der Waals surface area contributed by atoms with Crippen molar-refractivity contribution in [1.82, 2.24) is 10.3 Å². The zero-order chi connectivity index (χ0) is 12.1. The summed E-state index contributed by atoms with van der Waals surface area (Å²) in [5.41, 5.74) is 7.05. The largest absolute Gasteiger partial charge is 0.370 e. The molecule has 0 spiro atoms. The predicted molar refractivity (Wildman–Crippen MR) is 63.3 cm³/mol. The summed E-state index contributed by atoms with van der Waals surface area (Å²) in [7, 11) is 0. The van der Waals surface area contributed by atoms with Crippen LogP contribution in [0.15, 0.2) is 18.3 Å². The van der Waals surface area contributed by atoms with Gasteiger partial charge >= 0.3 is 0 Å². The lowest BCUT2D eigenvalue weighted by Gasteiger charge is -2.23. The quantitative estimate of drug-likeness (QED) is 0.779. The Labute approximate surface area is 100 Å². The Bertz CT molecular complexity index is 372. The summed E-state index contributed by atoms with van der Waals surface area (Å²) in [4.78, 5) is 15.0. The first-order valence-electron chi connectivity index (χ1n) is 5.81. The summed E-state index contributed by atoms with van der Waals surface area (Å²) in [5, 5.41) is 3.26. The fraction of sp³-hybridized carbons (Fsp3) is 0.500. The van der Waals surface area contributed by atoms with E-state index in [1.807, 2.05) is 12.1 Å². The highest BCUT2D eigenvalue weighted by atomic mass is 16.5. The molecule has 0 bridgehead atoms. The predicted octanol–water partition coefficient (Wildman–Crippen LogP) is 0.160. The van der Waals surface area contributed by atoms with Gasteiger partial charge < -0.3 is 15.8 Å². The van der Waals surface area contributed by atoms with Crippen LogP contribution in [0, 0.1) is 0 Å². The van der Waals surface area contributed by atoms with Crippen LogP contribution in [0.25, 0.3) is 0 Å². The number of nitrogens with zero attached hydrogens (tertiary/aromatic N) is 1. The van der Waals surface area contributed by atoms with Crippen LogP contribution in [-0.2, 0) is 16.0 Å². The van der Waals surface area contributed by atoms with Crippen LogP contribution in [0.4, 0.5) is 0 Å². The molecule has 0 aliphatic carbocycles. The van der Waals surface area contributed by atoms with Gasteiger partial charge in [-0.3, -0.25) is 9.78 Å². The lowest BCUT2D eigenvalue weighted by atomic mass is 10.1. The fourth-order valence-corrected chi connectivity index (χ4v) is 1.80. The van der Waals surface area contributed by atoms with Crippen molar-refractivity contribution in [3.8, 4) is 0 Å². The molecule has 5 nitrogen and oxygen atoms in total. The Balaban J connectivity index is 1.94. The van der Waals surface area contributed by atoms with Crippen molar-refractivity contribution >= 4 is 5.91 Å². The summed E-state index contributed by atoms with van der Waals surface area (Å²) in [6.45, 7) is 2.41. The van der Waals surface area contributed by atoms with Crippen molar-refractivity contribution in [2.45, 2.75) is 18.9 Å². The van der Waals surface area contributed by atoms with Gasteiger partial charge in [-0.25, -0.2) is 0 Å². The SMILES string of the molecule is NC(=O)CCc1ccc(C2CNCCO2)nc1. The van der Waals surface area contributed by atoms with Crippen LogP contribution in [-0.4, -0.2) is 30.6 Å². The van der Waals surface area contributed by atoms with Crippen molar-refractivity contribution in [1.29, 1.82) is 0 Å². The molecule has 17 heavy (non-hydrogen) atoms. The molecule has 0 aromatic carbocycles. The molecule has 1 unspecified atom stereocenters. The summed E-state index contributed by atoms with van der Waals surface area (Å²) in [6, 6.07) is 3.93. The number of aromatic nitrogens is 1. The Hall–Kier alpha value is -1.46. The maximum Gasteiger partial charge on any atom is 0.217 e. The Morgan fingerprint density at radius 2 is 2.47 bits per heavy atom. The Kier molecular flexibility index (Phi) is 4.06. The van der Waals surface area contributed by atoms with Crippen LogP contribution in [0.2, 0.25) is 0 Å². The molecular formula is C12H17N3O2. The zero-order valence-corrected chi connectivity index (χ0v) is 9.69. The molecule has 1 saturated heterocycles. The highest BCUT2D eigenvalue weighted by molar-refractivity contribution is 5.73. The maximum absolute atomic E-state index is 10.7. The van der Waals surface area contributed by atoms with Gasteiger partial charge in [0.15, 0.2) is 0 Å². The number of carbonyl (C=O) groups excluding carboxylic acids is 1. The molecule has 0 radical (unpaired) electrons. The number of carbonyl (C=O) groups is 1.